The van der Waals surface area contributed by atoms with E-state index in [-0.39, 0.29) is 6.61 Å². The van der Waals surface area contributed by atoms with Gasteiger partial charge < -0.3 is 15.3 Å². The average molecular weight is 248 g/mol. The van der Waals surface area contributed by atoms with Crippen LogP contribution in [0.25, 0.3) is 0 Å². The van der Waals surface area contributed by atoms with Crippen LogP contribution in [0.15, 0.2) is 24.3 Å². The number of hydrogen-bond acceptors (Lipinski definition) is 3. The lowest BCUT2D eigenvalue weighted by molar-refractivity contribution is 0.177. The molecule has 1 saturated heterocycles. The first-order valence-electron chi connectivity index (χ1n) is 6.90. The van der Waals surface area contributed by atoms with Crippen LogP contribution in [0.4, 0.5) is 5.69 Å². The molecular weight excluding hydrogens is 224 g/mol. The molecule has 3 heteroatoms. The Bertz CT molecular complexity index is 371. The van der Waals surface area contributed by atoms with E-state index in [1.165, 1.54) is 12.8 Å². The third kappa shape index (κ3) is 3.24. The maximum atomic E-state index is 9.31. The third-order valence-electron chi connectivity index (χ3n) is 3.81. The van der Waals surface area contributed by atoms with Crippen LogP contribution in [0.3, 0.4) is 0 Å². The topological polar surface area (TPSA) is 35.5 Å². The van der Waals surface area contributed by atoms with Crippen LogP contribution in [0.1, 0.15) is 32.3 Å². The normalized spacial score (nSPS) is 18.2. The van der Waals surface area contributed by atoms with Crippen LogP contribution < -0.4 is 5.32 Å². The molecule has 1 aromatic rings. The van der Waals surface area contributed by atoms with E-state index in [2.05, 4.69) is 30.1 Å². The molecule has 2 rings (SSSR count). The lowest BCUT2D eigenvalue weighted by Crippen LogP contribution is -2.42. The van der Waals surface area contributed by atoms with E-state index in [9.17, 15) is 5.11 Å². The van der Waals surface area contributed by atoms with Gasteiger partial charge in [0.2, 0.25) is 0 Å². The molecular formula is C15H24N2O. The molecule has 1 heterocycles. The molecule has 0 spiro atoms. The summed E-state index contributed by atoms with van der Waals surface area (Å²) in [6.45, 7) is 6.95. The van der Waals surface area contributed by atoms with Crippen molar-refractivity contribution in [3.05, 3.63) is 29.8 Å². The minimum Gasteiger partial charge on any atom is -0.392 e. The van der Waals surface area contributed by atoms with Gasteiger partial charge in [-0.05, 0) is 32.8 Å². The molecule has 1 aliphatic rings. The van der Waals surface area contributed by atoms with E-state index in [4.69, 9.17) is 0 Å². The Morgan fingerprint density at radius 1 is 1.28 bits per heavy atom. The molecule has 0 saturated carbocycles. The zero-order valence-electron chi connectivity index (χ0n) is 11.4. The molecule has 3 nitrogen and oxygen atoms in total. The summed E-state index contributed by atoms with van der Waals surface area (Å²) in [5.74, 6) is 0. The van der Waals surface area contributed by atoms with E-state index >= 15 is 0 Å². The highest BCUT2D eigenvalue weighted by Crippen LogP contribution is 2.21. The number of nitrogens with one attached hydrogen (secondary N) is 1. The minimum atomic E-state index is 0.105. The fourth-order valence-electron chi connectivity index (χ4n) is 2.58. The quantitative estimate of drug-likeness (QED) is 0.859. The Balaban J connectivity index is 1.91. The Labute approximate surface area is 110 Å². The highest BCUT2D eigenvalue weighted by molar-refractivity contribution is 5.51. The summed E-state index contributed by atoms with van der Waals surface area (Å²) < 4.78 is 0. The average Bonchev–Trinajstić information content (AvgIpc) is 2.40. The van der Waals surface area contributed by atoms with Crippen LogP contribution in [-0.2, 0) is 6.61 Å². The van der Waals surface area contributed by atoms with E-state index in [1.807, 2.05) is 18.2 Å². The molecule has 0 aromatic heterocycles. The number of aliphatic hydroxyl groups is 1. The highest BCUT2D eigenvalue weighted by atomic mass is 16.3. The number of piperidine rings is 1. The summed E-state index contributed by atoms with van der Waals surface area (Å²) in [4.78, 5) is 2.52. The SMILES string of the molecule is CC(C)N1CCC(Nc2ccccc2CO)CC1. The largest absolute Gasteiger partial charge is 0.392 e. The van der Waals surface area contributed by atoms with Gasteiger partial charge in [-0.15, -0.1) is 0 Å². The number of para-hydroxylation sites is 1. The van der Waals surface area contributed by atoms with E-state index in [0.29, 0.717) is 12.1 Å². The molecule has 1 fully saturated rings. The second-order valence-corrected chi connectivity index (χ2v) is 5.36. The van der Waals surface area contributed by atoms with Crippen molar-refractivity contribution in [1.82, 2.24) is 4.90 Å². The Kier molecular flexibility index (Phi) is 4.61. The first-order valence-corrected chi connectivity index (χ1v) is 6.90. The Morgan fingerprint density at radius 2 is 1.94 bits per heavy atom. The van der Waals surface area contributed by atoms with E-state index < -0.39 is 0 Å². The van der Waals surface area contributed by atoms with Crippen molar-refractivity contribution < 1.29 is 5.11 Å². The monoisotopic (exact) mass is 248 g/mol. The fraction of sp³-hybridized carbons (Fsp3) is 0.600. The van der Waals surface area contributed by atoms with Gasteiger partial charge in [0.25, 0.3) is 0 Å². The lowest BCUT2D eigenvalue weighted by atomic mass is 10.0. The van der Waals surface area contributed by atoms with Gasteiger partial charge in [-0.2, -0.15) is 0 Å². The second kappa shape index (κ2) is 6.21. The van der Waals surface area contributed by atoms with Gasteiger partial charge in [-0.1, -0.05) is 18.2 Å². The zero-order valence-corrected chi connectivity index (χ0v) is 11.4. The third-order valence-corrected chi connectivity index (χ3v) is 3.81. The van der Waals surface area contributed by atoms with Crippen LogP contribution in [0.5, 0.6) is 0 Å². The van der Waals surface area contributed by atoms with E-state index in [1.54, 1.807) is 0 Å². The number of rotatable bonds is 4. The van der Waals surface area contributed by atoms with Gasteiger partial charge in [0.05, 0.1) is 6.61 Å². The van der Waals surface area contributed by atoms with Crippen molar-refractivity contribution in [1.29, 1.82) is 0 Å². The smallest absolute Gasteiger partial charge is 0.0701 e. The van der Waals surface area contributed by atoms with E-state index in [0.717, 1.165) is 24.3 Å². The molecule has 0 bridgehead atoms. The molecule has 0 radical (unpaired) electrons. The van der Waals surface area contributed by atoms with Crippen LogP contribution in [0.2, 0.25) is 0 Å². The van der Waals surface area contributed by atoms with Crippen LogP contribution in [-0.4, -0.2) is 35.2 Å². The van der Waals surface area contributed by atoms with Gasteiger partial charge in [-0.3, -0.25) is 0 Å². The van der Waals surface area contributed by atoms with Crippen LogP contribution in [0, 0.1) is 0 Å². The minimum absolute atomic E-state index is 0.105. The molecule has 2 N–H and O–H groups in total. The van der Waals surface area contributed by atoms with Crippen molar-refractivity contribution in [2.45, 2.75) is 45.4 Å². The molecule has 0 atom stereocenters. The van der Waals surface area contributed by atoms with Crippen molar-refractivity contribution in [2.24, 2.45) is 0 Å². The molecule has 1 aromatic carbocycles. The molecule has 0 amide bonds. The number of hydrogen-bond donors (Lipinski definition) is 2. The van der Waals surface area contributed by atoms with Gasteiger partial charge >= 0.3 is 0 Å². The fourth-order valence-corrected chi connectivity index (χ4v) is 2.58. The van der Waals surface area contributed by atoms with Gasteiger partial charge in [0.15, 0.2) is 0 Å². The number of nitrogens with zero attached hydrogens (tertiary/aromatic N) is 1. The summed E-state index contributed by atoms with van der Waals surface area (Å²) in [5, 5.41) is 12.9. The molecule has 0 aliphatic carbocycles. The van der Waals surface area contributed by atoms with Crippen molar-refractivity contribution in [2.75, 3.05) is 18.4 Å². The molecule has 1 aliphatic heterocycles. The summed E-state index contributed by atoms with van der Waals surface area (Å²) in [6, 6.07) is 9.21. The number of anilines is 1. The van der Waals surface area contributed by atoms with Crippen molar-refractivity contribution in [3.63, 3.8) is 0 Å². The predicted molar refractivity (Wildman–Crippen MR) is 75.7 cm³/mol. The maximum absolute atomic E-state index is 9.31. The molecule has 0 unspecified atom stereocenters. The maximum Gasteiger partial charge on any atom is 0.0701 e. The summed E-state index contributed by atoms with van der Waals surface area (Å²) in [5.41, 5.74) is 2.08. The standard InChI is InChI=1S/C15H24N2O/c1-12(2)17-9-7-14(8-10-17)16-15-6-4-3-5-13(15)11-18/h3-6,12,14,16,18H,7-11H2,1-2H3. The predicted octanol–water partition coefficient (Wildman–Crippen LogP) is 2.46. The first kappa shape index (κ1) is 13.4. The molecule has 18 heavy (non-hydrogen) atoms. The first-order chi connectivity index (χ1) is 8.70. The van der Waals surface area contributed by atoms with Crippen molar-refractivity contribution in [3.8, 4) is 0 Å². The van der Waals surface area contributed by atoms with Gasteiger partial charge in [0, 0.05) is 36.4 Å². The summed E-state index contributed by atoms with van der Waals surface area (Å²) >= 11 is 0. The second-order valence-electron chi connectivity index (χ2n) is 5.36. The number of likely N-dealkylation sites (tertiary alicyclic amines) is 1. The van der Waals surface area contributed by atoms with Gasteiger partial charge in [0.1, 0.15) is 0 Å². The zero-order chi connectivity index (χ0) is 13.0. The van der Waals surface area contributed by atoms with Crippen molar-refractivity contribution >= 4 is 5.69 Å². The summed E-state index contributed by atoms with van der Waals surface area (Å²) in [6.07, 6.45) is 2.36. The Morgan fingerprint density at radius 3 is 2.56 bits per heavy atom. The van der Waals surface area contributed by atoms with Gasteiger partial charge in [-0.25, -0.2) is 0 Å². The summed E-state index contributed by atoms with van der Waals surface area (Å²) in [7, 11) is 0. The number of aliphatic hydroxyl groups excluding tert-OH is 1. The molecule has 100 valence electrons. The highest BCUT2D eigenvalue weighted by Gasteiger charge is 2.20. The Hall–Kier alpha value is -1.06. The lowest BCUT2D eigenvalue weighted by Gasteiger charge is -2.35. The van der Waals surface area contributed by atoms with Crippen LogP contribution >= 0.6 is 0 Å². The number of benzene rings is 1.